The van der Waals surface area contributed by atoms with Gasteiger partial charge in [0.2, 0.25) is 0 Å². The first-order valence-corrected chi connectivity index (χ1v) is 5.17. The highest BCUT2D eigenvalue weighted by molar-refractivity contribution is 5.51. The van der Waals surface area contributed by atoms with E-state index in [-0.39, 0.29) is 11.0 Å². The summed E-state index contributed by atoms with van der Waals surface area (Å²) in [7, 11) is 0. The SMILES string of the molecule is CC(C)(C)c1cc(=O)n2ccc(N)cc2n1. The average molecular weight is 217 g/mol. The predicted octanol–water partition coefficient (Wildman–Crippen LogP) is 1.57. The number of hydrogen-bond donors (Lipinski definition) is 1. The molecule has 2 N–H and O–H groups in total. The van der Waals surface area contributed by atoms with E-state index in [4.69, 9.17) is 5.73 Å². The zero-order valence-corrected chi connectivity index (χ0v) is 9.69. The molecule has 0 radical (unpaired) electrons. The van der Waals surface area contributed by atoms with Crippen LogP contribution in [-0.2, 0) is 5.41 Å². The first-order valence-electron chi connectivity index (χ1n) is 5.17. The summed E-state index contributed by atoms with van der Waals surface area (Å²) in [6, 6.07) is 4.96. The number of nitrogens with zero attached hydrogens (tertiary/aromatic N) is 2. The summed E-state index contributed by atoms with van der Waals surface area (Å²) in [5.41, 5.74) is 7.45. The summed E-state index contributed by atoms with van der Waals surface area (Å²) in [5.74, 6) is 0. The molecule has 0 aliphatic rings. The van der Waals surface area contributed by atoms with E-state index in [0.29, 0.717) is 11.3 Å². The minimum absolute atomic E-state index is 0.0741. The molecule has 0 bridgehead atoms. The van der Waals surface area contributed by atoms with Gasteiger partial charge in [-0.1, -0.05) is 20.8 Å². The maximum atomic E-state index is 11.8. The summed E-state index contributed by atoms with van der Waals surface area (Å²) in [4.78, 5) is 16.3. The molecule has 2 heterocycles. The molecule has 0 amide bonds. The standard InChI is InChI=1S/C12H15N3O/c1-12(2,3)9-7-11(16)15-5-4-8(13)6-10(15)14-9/h4-7H,13H2,1-3H3. The topological polar surface area (TPSA) is 60.4 Å². The third kappa shape index (κ3) is 1.78. The second-order valence-corrected chi connectivity index (χ2v) is 4.92. The lowest BCUT2D eigenvalue weighted by molar-refractivity contribution is 0.567. The van der Waals surface area contributed by atoms with Crippen LogP contribution in [0.1, 0.15) is 26.5 Å². The third-order valence-electron chi connectivity index (χ3n) is 2.46. The van der Waals surface area contributed by atoms with Gasteiger partial charge in [-0.05, 0) is 6.07 Å². The van der Waals surface area contributed by atoms with Gasteiger partial charge >= 0.3 is 0 Å². The second-order valence-electron chi connectivity index (χ2n) is 4.92. The average Bonchev–Trinajstić information content (AvgIpc) is 2.15. The fourth-order valence-electron chi connectivity index (χ4n) is 1.50. The van der Waals surface area contributed by atoms with E-state index in [2.05, 4.69) is 4.98 Å². The van der Waals surface area contributed by atoms with E-state index < -0.39 is 0 Å². The lowest BCUT2D eigenvalue weighted by Gasteiger charge is -2.17. The van der Waals surface area contributed by atoms with Crippen LogP contribution in [0.25, 0.3) is 5.65 Å². The van der Waals surface area contributed by atoms with Crippen molar-refractivity contribution in [2.24, 2.45) is 0 Å². The fourth-order valence-corrected chi connectivity index (χ4v) is 1.50. The van der Waals surface area contributed by atoms with Crippen LogP contribution < -0.4 is 11.3 Å². The first-order chi connectivity index (χ1) is 7.38. The summed E-state index contributed by atoms with van der Waals surface area (Å²) >= 11 is 0. The van der Waals surface area contributed by atoms with Gasteiger partial charge in [-0.2, -0.15) is 0 Å². The van der Waals surface area contributed by atoms with Gasteiger partial charge in [0.15, 0.2) is 0 Å². The summed E-state index contributed by atoms with van der Waals surface area (Å²) in [6.07, 6.45) is 1.65. The van der Waals surface area contributed by atoms with Crippen LogP contribution in [0.5, 0.6) is 0 Å². The number of nitrogens with two attached hydrogens (primary N) is 1. The molecular formula is C12H15N3O. The molecule has 0 aliphatic carbocycles. The largest absolute Gasteiger partial charge is 0.399 e. The number of anilines is 1. The lowest BCUT2D eigenvalue weighted by atomic mass is 9.92. The Balaban J connectivity index is 2.80. The number of pyridine rings is 1. The highest BCUT2D eigenvalue weighted by Gasteiger charge is 2.17. The molecule has 16 heavy (non-hydrogen) atoms. The van der Waals surface area contributed by atoms with E-state index in [9.17, 15) is 4.79 Å². The molecule has 4 nitrogen and oxygen atoms in total. The smallest absolute Gasteiger partial charge is 0.258 e. The maximum Gasteiger partial charge on any atom is 0.258 e. The Bertz CT molecular complexity index is 593. The van der Waals surface area contributed by atoms with E-state index in [1.807, 2.05) is 20.8 Å². The van der Waals surface area contributed by atoms with Crippen molar-refractivity contribution >= 4 is 11.3 Å². The Morgan fingerprint density at radius 2 is 2.00 bits per heavy atom. The molecular weight excluding hydrogens is 202 g/mol. The quantitative estimate of drug-likeness (QED) is 0.728. The van der Waals surface area contributed by atoms with Crippen molar-refractivity contribution in [3.8, 4) is 0 Å². The molecule has 0 aliphatic heterocycles. The normalized spacial score (nSPS) is 11.9. The van der Waals surface area contributed by atoms with E-state index in [1.165, 1.54) is 4.40 Å². The van der Waals surface area contributed by atoms with Crippen LogP contribution in [0.2, 0.25) is 0 Å². The number of fused-ring (bicyclic) bond motifs is 1. The molecule has 0 saturated carbocycles. The van der Waals surface area contributed by atoms with Gasteiger partial charge in [-0.25, -0.2) is 4.98 Å². The van der Waals surface area contributed by atoms with Gasteiger partial charge in [0.1, 0.15) is 5.65 Å². The number of aromatic nitrogens is 2. The van der Waals surface area contributed by atoms with Crippen LogP contribution in [0.4, 0.5) is 5.69 Å². The molecule has 0 atom stereocenters. The highest BCUT2D eigenvalue weighted by Crippen LogP contribution is 2.19. The van der Waals surface area contributed by atoms with Crippen molar-refractivity contribution in [3.05, 3.63) is 40.4 Å². The Kier molecular flexibility index (Phi) is 2.22. The molecule has 0 fully saturated rings. The zero-order chi connectivity index (χ0) is 11.9. The molecule has 84 valence electrons. The number of nitrogen functional groups attached to an aromatic ring is 1. The van der Waals surface area contributed by atoms with Crippen molar-refractivity contribution < 1.29 is 0 Å². The molecule has 4 heteroatoms. The van der Waals surface area contributed by atoms with E-state index >= 15 is 0 Å². The van der Waals surface area contributed by atoms with Crippen molar-refractivity contribution in [2.75, 3.05) is 5.73 Å². The monoisotopic (exact) mass is 217 g/mol. The maximum absolute atomic E-state index is 11.8. The fraction of sp³-hybridized carbons (Fsp3) is 0.333. The van der Waals surface area contributed by atoms with E-state index in [1.54, 1.807) is 24.4 Å². The van der Waals surface area contributed by atoms with Crippen molar-refractivity contribution in [1.82, 2.24) is 9.38 Å². The minimum Gasteiger partial charge on any atom is -0.399 e. The van der Waals surface area contributed by atoms with Gasteiger partial charge in [0.05, 0.1) is 5.69 Å². The Morgan fingerprint density at radius 1 is 1.31 bits per heavy atom. The van der Waals surface area contributed by atoms with Crippen LogP contribution in [0.3, 0.4) is 0 Å². The summed E-state index contributed by atoms with van der Waals surface area (Å²) < 4.78 is 1.49. The second kappa shape index (κ2) is 3.33. The molecule has 2 aromatic rings. The Hall–Kier alpha value is -1.84. The Morgan fingerprint density at radius 3 is 2.62 bits per heavy atom. The predicted molar refractivity (Wildman–Crippen MR) is 64.6 cm³/mol. The van der Waals surface area contributed by atoms with Gasteiger partial charge in [-0.15, -0.1) is 0 Å². The highest BCUT2D eigenvalue weighted by atomic mass is 16.1. The molecule has 2 aromatic heterocycles. The lowest BCUT2D eigenvalue weighted by Crippen LogP contribution is -2.22. The van der Waals surface area contributed by atoms with Crippen LogP contribution >= 0.6 is 0 Å². The molecule has 0 aromatic carbocycles. The minimum atomic E-state index is -0.140. The molecule has 0 unspecified atom stereocenters. The molecule has 0 saturated heterocycles. The van der Waals surface area contributed by atoms with E-state index in [0.717, 1.165) is 5.69 Å². The van der Waals surface area contributed by atoms with Gasteiger partial charge in [-0.3, -0.25) is 9.20 Å². The molecule has 2 rings (SSSR count). The van der Waals surface area contributed by atoms with Crippen molar-refractivity contribution in [3.63, 3.8) is 0 Å². The molecule has 0 spiro atoms. The van der Waals surface area contributed by atoms with Crippen LogP contribution in [0, 0.1) is 0 Å². The zero-order valence-electron chi connectivity index (χ0n) is 9.69. The summed E-state index contributed by atoms with van der Waals surface area (Å²) in [6.45, 7) is 6.08. The van der Waals surface area contributed by atoms with Crippen molar-refractivity contribution in [1.29, 1.82) is 0 Å². The van der Waals surface area contributed by atoms with Gasteiger partial charge in [0, 0.05) is 29.4 Å². The summed E-state index contributed by atoms with van der Waals surface area (Å²) in [5, 5.41) is 0. The van der Waals surface area contributed by atoms with Crippen LogP contribution in [-0.4, -0.2) is 9.38 Å². The Labute approximate surface area is 93.7 Å². The van der Waals surface area contributed by atoms with Crippen LogP contribution in [0.15, 0.2) is 29.2 Å². The number of hydrogen-bond acceptors (Lipinski definition) is 3. The van der Waals surface area contributed by atoms with Gasteiger partial charge < -0.3 is 5.73 Å². The van der Waals surface area contributed by atoms with Gasteiger partial charge in [0.25, 0.3) is 5.56 Å². The van der Waals surface area contributed by atoms with Crippen molar-refractivity contribution in [2.45, 2.75) is 26.2 Å². The third-order valence-corrected chi connectivity index (χ3v) is 2.46. The first kappa shape index (κ1) is 10.7. The number of rotatable bonds is 0.